The maximum absolute atomic E-state index is 11.9. The van der Waals surface area contributed by atoms with Crippen molar-refractivity contribution in [2.24, 2.45) is 5.92 Å². The fourth-order valence-electron chi connectivity index (χ4n) is 2.60. The zero-order chi connectivity index (χ0) is 15.3. The highest BCUT2D eigenvalue weighted by atomic mass is 16.4. The van der Waals surface area contributed by atoms with Crippen molar-refractivity contribution < 1.29 is 19.5 Å². The Labute approximate surface area is 119 Å². The van der Waals surface area contributed by atoms with Gasteiger partial charge in [0.25, 0.3) is 0 Å². The number of hydrogen-bond acceptors (Lipinski definition) is 3. The van der Waals surface area contributed by atoms with Gasteiger partial charge in [-0.2, -0.15) is 0 Å². The lowest BCUT2D eigenvalue weighted by Gasteiger charge is -2.37. The van der Waals surface area contributed by atoms with Gasteiger partial charge in [0.15, 0.2) is 0 Å². The van der Waals surface area contributed by atoms with Gasteiger partial charge < -0.3 is 15.3 Å². The van der Waals surface area contributed by atoms with Crippen LogP contribution in [0.5, 0.6) is 0 Å². The molecule has 1 aliphatic carbocycles. The first kappa shape index (κ1) is 16.5. The van der Waals surface area contributed by atoms with Gasteiger partial charge in [0, 0.05) is 14.0 Å². The van der Waals surface area contributed by atoms with Gasteiger partial charge in [0.05, 0.1) is 6.54 Å². The van der Waals surface area contributed by atoms with E-state index in [0.29, 0.717) is 18.8 Å². The molecule has 1 rings (SSSR count). The molecule has 0 unspecified atom stereocenters. The van der Waals surface area contributed by atoms with E-state index < -0.39 is 17.4 Å². The summed E-state index contributed by atoms with van der Waals surface area (Å²) in [6.45, 7) is 3.35. The van der Waals surface area contributed by atoms with Crippen molar-refractivity contribution in [3.63, 3.8) is 0 Å². The first-order valence-corrected chi connectivity index (χ1v) is 7.07. The molecule has 0 aromatic heterocycles. The Hall–Kier alpha value is -1.59. The van der Waals surface area contributed by atoms with Crippen LogP contribution >= 0.6 is 0 Å². The van der Waals surface area contributed by atoms with Crippen LogP contribution in [0.4, 0.5) is 0 Å². The van der Waals surface area contributed by atoms with Gasteiger partial charge >= 0.3 is 5.97 Å². The van der Waals surface area contributed by atoms with E-state index in [2.05, 4.69) is 12.2 Å². The van der Waals surface area contributed by atoms with Gasteiger partial charge in [-0.25, -0.2) is 4.79 Å². The van der Waals surface area contributed by atoms with Crippen molar-refractivity contribution in [3.8, 4) is 0 Å². The van der Waals surface area contributed by atoms with E-state index in [0.717, 1.165) is 19.3 Å². The summed E-state index contributed by atoms with van der Waals surface area (Å²) in [5.41, 5.74) is -1.17. The average Bonchev–Trinajstić information content (AvgIpc) is 2.38. The molecule has 2 N–H and O–H groups in total. The van der Waals surface area contributed by atoms with Gasteiger partial charge in [-0.15, -0.1) is 0 Å². The van der Waals surface area contributed by atoms with E-state index >= 15 is 0 Å². The second-order valence-electron chi connectivity index (χ2n) is 5.66. The summed E-state index contributed by atoms with van der Waals surface area (Å²) in [5, 5.41) is 12.1. The molecule has 6 nitrogen and oxygen atoms in total. The third-order valence-electron chi connectivity index (χ3n) is 4.24. The number of rotatable bonds is 5. The van der Waals surface area contributed by atoms with Crippen molar-refractivity contribution in [1.29, 1.82) is 0 Å². The molecule has 0 radical (unpaired) electrons. The van der Waals surface area contributed by atoms with E-state index in [9.17, 15) is 19.5 Å². The molecule has 0 bridgehead atoms. The molecular weight excluding hydrogens is 260 g/mol. The van der Waals surface area contributed by atoms with Crippen molar-refractivity contribution in [1.82, 2.24) is 10.2 Å². The van der Waals surface area contributed by atoms with E-state index in [1.54, 1.807) is 0 Å². The highest BCUT2D eigenvalue weighted by molar-refractivity contribution is 5.89. The first-order chi connectivity index (χ1) is 9.30. The first-order valence-electron chi connectivity index (χ1n) is 7.07. The summed E-state index contributed by atoms with van der Waals surface area (Å²) in [5.74, 6) is -1.08. The predicted octanol–water partition coefficient (Wildman–Crippen LogP) is 1.00. The smallest absolute Gasteiger partial charge is 0.329 e. The quantitative estimate of drug-likeness (QED) is 0.788. The number of likely N-dealkylation sites (N-methyl/N-ethyl adjacent to an activating group) is 1. The topological polar surface area (TPSA) is 86.7 Å². The number of carboxylic acid groups (broad SMARTS) is 1. The molecular formula is C14H24N2O4. The molecule has 1 saturated carbocycles. The molecule has 0 aliphatic heterocycles. The lowest BCUT2D eigenvalue weighted by molar-refractivity contribution is -0.150. The summed E-state index contributed by atoms with van der Waals surface area (Å²) in [4.78, 5) is 35.8. The Morgan fingerprint density at radius 1 is 1.30 bits per heavy atom. The molecule has 0 atom stereocenters. The maximum Gasteiger partial charge on any atom is 0.329 e. The molecule has 1 aliphatic rings. The van der Waals surface area contributed by atoms with Crippen LogP contribution in [0.15, 0.2) is 0 Å². The Bertz CT molecular complexity index is 387. The van der Waals surface area contributed by atoms with E-state index in [-0.39, 0.29) is 12.5 Å². The summed E-state index contributed by atoms with van der Waals surface area (Å²) in [7, 11) is 1.52. The van der Waals surface area contributed by atoms with Crippen LogP contribution in [0, 0.1) is 5.92 Å². The normalized spacial score (nSPS) is 25.9. The average molecular weight is 284 g/mol. The number of amides is 2. The van der Waals surface area contributed by atoms with Crippen LogP contribution in [0.1, 0.15) is 46.0 Å². The number of nitrogens with one attached hydrogen (secondary N) is 1. The Balaban J connectivity index is 2.66. The van der Waals surface area contributed by atoms with Gasteiger partial charge in [-0.3, -0.25) is 9.59 Å². The third kappa shape index (κ3) is 3.95. The third-order valence-corrected chi connectivity index (χ3v) is 4.24. The number of carbonyl (C=O) groups excluding carboxylic acids is 2. The van der Waals surface area contributed by atoms with Crippen molar-refractivity contribution in [2.75, 3.05) is 13.6 Å². The van der Waals surface area contributed by atoms with E-state index in [4.69, 9.17) is 0 Å². The number of carboxylic acids is 1. The molecule has 6 heteroatoms. The van der Waals surface area contributed by atoms with Crippen LogP contribution in [0.25, 0.3) is 0 Å². The second kappa shape index (κ2) is 6.72. The summed E-state index contributed by atoms with van der Waals surface area (Å²) < 4.78 is 0. The van der Waals surface area contributed by atoms with Crippen LogP contribution in [-0.4, -0.2) is 46.9 Å². The molecule has 0 saturated heterocycles. The number of carbonyl (C=O) groups is 3. The second-order valence-corrected chi connectivity index (χ2v) is 5.66. The zero-order valence-corrected chi connectivity index (χ0v) is 12.4. The number of aliphatic carboxylic acids is 1. The fourth-order valence-corrected chi connectivity index (χ4v) is 2.60. The largest absolute Gasteiger partial charge is 0.480 e. The number of nitrogens with zero attached hydrogens (tertiary/aromatic N) is 1. The fraction of sp³-hybridized carbons (Fsp3) is 0.786. The molecule has 0 aromatic rings. The highest BCUT2D eigenvalue weighted by Crippen LogP contribution is 2.34. The Morgan fingerprint density at radius 3 is 2.25 bits per heavy atom. The molecule has 0 heterocycles. The summed E-state index contributed by atoms with van der Waals surface area (Å²) in [6, 6.07) is 0. The lowest BCUT2D eigenvalue weighted by Crippen LogP contribution is -2.58. The SMILES string of the molecule is CCC1CCC(NC(=O)CN(C)C(C)=O)(C(=O)O)CC1. The number of hydrogen-bond donors (Lipinski definition) is 2. The molecule has 0 aromatic carbocycles. The Morgan fingerprint density at radius 2 is 1.85 bits per heavy atom. The molecule has 2 amide bonds. The van der Waals surface area contributed by atoms with Gasteiger partial charge in [0.1, 0.15) is 5.54 Å². The molecule has 114 valence electrons. The maximum atomic E-state index is 11.9. The van der Waals surface area contributed by atoms with Crippen molar-refractivity contribution in [3.05, 3.63) is 0 Å². The van der Waals surface area contributed by atoms with Gasteiger partial charge in [-0.05, 0) is 31.6 Å². The minimum atomic E-state index is -1.17. The van der Waals surface area contributed by atoms with E-state index in [1.165, 1.54) is 18.9 Å². The highest BCUT2D eigenvalue weighted by Gasteiger charge is 2.42. The molecule has 20 heavy (non-hydrogen) atoms. The minimum absolute atomic E-state index is 0.110. The summed E-state index contributed by atoms with van der Waals surface area (Å²) in [6.07, 6.45) is 3.57. The minimum Gasteiger partial charge on any atom is -0.480 e. The van der Waals surface area contributed by atoms with Crippen LogP contribution in [-0.2, 0) is 14.4 Å². The lowest BCUT2D eigenvalue weighted by atomic mass is 9.75. The zero-order valence-electron chi connectivity index (χ0n) is 12.4. The predicted molar refractivity (Wildman–Crippen MR) is 74.1 cm³/mol. The van der Waals surface area contributed by atoms with Crippen molar-refractivity contribution in [2.45, 2.75) is 51.5 Å². The van der Waals surface area contributed by atoms with Gasteiger partial charge in [0.2, 0.25) is 11.8 Å². The monoisotopic (exact) mass is 284 g/mol. The van der Waals surface area contributed by atoms with Crippen molar-refractivity contribution >= 4 is 17.8 Å². The summed E-state index contributed by atoms with van der Waals surface area (Å²) >= 11 is 0. The molecule has 0 spiro atoms. The van der Waals surface area contributed by atoms with Crippen LogP contribution < -0.4 is 5.32 Å². The standard InChI is InChI=1S/C14H24N2O4/c1-4-11-5-7-14(8-6-11,13(19)20)15-12(18)9-16(3)10(2)17/h11H,4-9H2,1-3H3,(H,15,18)(H,19,20). The van der Waals surface area contributed by atoms with Gasteiger partial charge in [-0.1, -0.05) is 13.3 Å². The van der Waals surface area contributed by atoms with Crippen LogP contribution in [0.3, 0.4) is 0 Å². The van der Waals surface area contributed by atoms with Crippen LogP contribution in [0.2, 0.25) is 0 Å². The molecule has 1 fully saturated rings. The Kier molecular flexibility index (Phi) is 5.53. The van der Waals surface area contributed by atoms with E-state index in [1.807, 2.05) is 0 Å².